The van der Waals surface area contributed by atoms with Gasteiger partial charge >= 0.3 is 0 Å². The van der Waals surface area contributed by atoms with Gasteiger partial charge in [-0.15, -0.1) is 5.10 Å². The zero-order chi connectivity index (χ0) is 17.6. The van der Waals surface area contributed by atoms with E-state index in [2.05, 4.69) is 46.4 Å². The van der Waals surface area contributed by atoms with Gasteiger partial charge in [0.25, 0.3) is 0 Å². The van der Waals surface area contributed by atoms with E-state index in [0.29, 0.717) is 17.5 Å². The van der Waals surface area contributed by atoms with Crippen molar-refractivity contribution < 1.29 is 4.79 Å². The van der Waals surface area contributed by atoms with Crippen molar-refractivity contribution in [1.82, 2.24) is 20.1 Å². The van der Waals surface area contributed by atoms with E-state index in [-0.39, 0.29) is 5.91 Å². The fourth-order valence-corrected chi connectivity index (χ4v) is 3.97. The maximum Gasteiger partial charge on any atom is 0.233 e. The third-order valence-corrected chi connectivity index (χ3v) is 5.59. The first-order valence-electron chi connectivity index (χ1n) is 8.94. The lowest BCUT2D eigenvalue weighted by Crippen LogP contribution is -2.27. The Balaban J connectivity index is 1.45. The molecule has 0 aliphatic heterocycles. The molecule has 1 aromatic heterocycles. The quantitative estimate of drug-likeness (QED) is 0.768. The molecule has 0 radical (unpaired) electrons. The molecule has 0 spiro atoms. The predicted molar refractivity (Wildman–Crippen MR) is 100 cm³/mol. The minimum Gasteiger partial charge on any atom is -0.341 e. The van der Waals surface area contributed by atoms with Crippen LogP contribution in [0.1, 0.15) is 42.6 Å². The van der Waals surface area contributed by atoms with E-state index >= 15 is 0 Å². The van der Waals surface area contributed by atoms with Crippen LogP contribution in [0.5, 0.6) is 0 Å². The molecule has 6 heteroatoms. The van der Waals surface area contributed by atoms with Gasteiger partial charge in [-0.25, -0.2) is 4.98 Å². The summed E-state index contributed by atoms with van der Waals surface area (Å²) in [7, 11) is 1.84. The van der Waals surface area contributed by atoms with Crippen molar-refractivity contribution >= 4 is 17.7 Å². The minimum atomic E-state index is 0.0905. The van der Waals surface area contributed by atoms with E-state index < -0.39 is 0 Å². The average Bonchev–Trinajstić information content (AvgIpc) is 3.27. The van der Waals surface area contributed by atoms with Gasteiger partial charge in [-0.05, 0) is 18.4 Å². The van der Waals surface area contributed by atoms with Crippen LogP contribution in [0.2, 0.25) is 0 Å². The number of carbonyl (C=O) groups is 1. The summed E-state index contributed by atoms with van der Waals surface area (Å²) in [5.41, 5.74) is 2.37. The minimum absolute atomic E-state index is 0.0905. The number of aromatic amines is 1. The number of rotatable bonds is 7. The third-order valence-electron chi connectivity index (χ3n) is 4.76. The van der Waals surface area contributed by atoms with E-state index in [4.69, 9.17) is 0 Å². The molecule has 1 aliphatic carbocycles. The first kappa shape index (κ1) is 18.0. The Hall–Kier alpha value is -1.82. The summed E-state index contributed by atoms with van der Waals surface area (Å²) in [6.07, 6.45) is 6.25. The molecule has 0 saturated heterocycles. The second-order valence-electron chi connectivity index (χ2n) is 6.94. The van der Waals surface area contributed by atoms with Crippen molar-refractivity contribution in [2.45, 2.75) is 50.7 Å². The molecule has 1 heterocycles. The second kappa shape index (κ2) is 8.52. The van der Waals surface area contributed by atoms with Crippen molar-refractivity contribution in [3.05, 3.63) is 41.2 Å². The monoisotopic (exact) mass is 358 g/mol. The topological polar surface area (TPSA) is 61.9 Å². The van der Waals surface area contributed by atoms with Gasteiger partial charge in [0.05, 0.1) is 5.75 Å². The van der Waals surface area contributed by atoms with Crippen LogP contribution in [0.25, 0.3) is 0 Å². The van der Waals surface area contributed by atoms with Crippen LogP contribution in [-0.4, -0.2) is 38.8 Å². The van der Waals surface area contributed by atoms with Crippen LogP contribution in [-0.2, 0) is 17.8 Å². The van der Waals surface area contributed by atoms with Gasteiger partial charge < -0.3 is 4.90 Å². The molecule has 1 aromatic carbocycles. The van der Waals surface area contributed by atoms with E-state index in [1.54, 1.807) is 4.90 Å². The number of H-pyrrole nitrogens is 1. The standard InChI is InChI=1S/C19H26N4OS/c1-14-7-9-16(10-8-14)12-23(2)18(24)13-25-19-20-17(21-22-19)11-15-5-3-4-6-15/h7-10,15H,3-6,11-13H2,1-2H3,(H,20,21,22). The molecule has 1 aliphatic rings. The molecule has 3 rings (SSSR count). The lowest BCUT2D eigenvalue weighted by atomic mass is 10.0. The summed E-state index contributed by atoms with van der Waals surface area (Å²) in [5.74, 6) is 2.15. The highest BCUT2D eigenvalue weighted by molar-refractivity contribution is 7.99. The SMILES string of the molecule is Cc1ccc(CN(C)C(=O)CSc2n[nH]c(CC3CCCC3)n2)cc1. The van der Waals surface area contributed by atoms with E-state index in [1.165, 1.54) is 43.0 Å². The molecule has 0 bridgehead atoms. The molecule has 0 atom stereocenters. The van der Waals surface area contributed by atoms with Gasteiger partial charge in [-0.3, -0.25) is 9.89 Å². The summed E-state index contributed by atoms with van der Waals surface area (Å²) in [6, 6.07) is 8.28. The number of hydrogen-bond donors (Lipinski definition) is 1. The van der Waals surface area contributed by atoms with Crippen LogP contribution >= 0.6 is 11.8 Å². The summed E-state index contributed by atoms with van der Waals surface area (Å²) in [4.78, 5) is 18.6. The number of aromatic nitrogens is 3. The average molecular weight is 359 g/mol. The maximum absolute atomic E-state index is 12.3. The summed E-state index contributed by atoms with van der Waals surface area (Å²) < 4.78 is 0. The van der Waals surface area contributed by atoms with Crippen molar-refractivity contribution in [2.24, 2.45) is 5.92 Å². The van der Waals surface area contributed by atoms with Gasteiger partial charge in [-0.2, -0.15) is 0 Å². The lowest BCUT2D eigenvalue weighted by molar-refractivity contribution is -0.127. The van der Waals surface area contributed by atoms with Crippen molar-refractivity contribution in [3.8, 4) is 0 Å². The Morgan fingerprint density at radius 2 is 2.00 bits per heavy atom. The van der Waals surface area contributed by atoms with Crippen LogP contribution in [0.3, 0.4) is 0 Å². The Morgan fingerprint density at radius 1 is 1.28 bits per heavy atom. The van der Waals surface area contributed by atoms with Crippen LogP contribution in [0, 0.1) is 12.8 Å². The van der Waals surface area contributed by atoms with Crippen LogP contribution < -0.4 is 0 Å². The van der Waals surface area contributed by atoms with Crippen molar-refractivity contribution in [1.29, 1.82) is 0 Å². The Bertz CT molecular complexity index is 692. The molecule has 1 saturated carbocycles. The molecule has 5 nitrogen and oxygen atoms in total. The smallest absolute Gasteiger partial charge is 0.233 e. The number of thioether (sulfide) groups is 1. The molecule has 25 heavy (non-hydrogen) atoms. The fourth-order valence-electron chi connectivity index (χ4n) is 3.21. The zero-order valence-electron chi connectivity index (χ0n) is 15.0. The first-order chi connectivity index (χ1) is 12.1. The van der Waals surface area contributed by atoms with Crippen molar-refractivity contribution in [3.63, 3.8) is 0 Å². The van der Waals surface area contributed by atoms with E-state index in [0.717, 1.165) is 23.7 Å². The van der Waals surface area contributed by atoms with Crippen LogP contribution in [0.4, 0.5) is 0 Å². The van der Waals surface area contributed by atoms with E-state index in [1.807, 2.05) is 7.05 Å². The van der Waals surface area contributed by atoms with Crippen molar-refractivity contribution in [2.75, 3.05) is 12.8 Å². The van der Waals surface area contributed by atoms with Crippen LogP contribution in [0.15, 0.2) is 29.4 Å². The number of nitrogens with one attached hydrogen (secondary N) is 1. The maximum atomic E-state index is 12.3. The van der Waals surface area contributed by atoms with Gasteiger partial charge in [0.15, 0.2) is 0 Å². The molecule has 0 unspecified atom stereocenters. The Kier molecular flexibility index (Phi) is 6.13. The molecule has 1 N–H and O–H groups in total. The van der Waals surface area contributed by atoms with Gasteiger partial charge in [0.1, 0.15) is 5.82 Å². The molecule has 2 aromatic rings. The molecule has 1 fully saturated rings. The second-order valence-corrected chi connectivity index (χ2v) is 7.89. The summed E-state index contributed by atoms with van der Waals surface area (Å²) >= 11 is 1.40. The van der Waals surface area contributed by atoms with Gasteiger partial charge in [0, 0.05) is 20.0 Å². The highest BCUT2D eigenvalue weighted by Gasteiger charge is 2.18. The number of aryl methyl sites for hydroxylation is 1. The van der Waals surface area contributed by atoms with Gasteiger partial charge in [-0.1, -0.05) is 67.3 Å². The Labute approximate surface area is 153 Å². The molecular formula is C19H26N4OS. The molecular weight excluding hydrogens is 332 g/mol. The number of carbonyl (C=O) groups excluding carboxylic acids is 1. The number of amides is 1. The molecule has 134 valence electrons. The number of benzene rings is 1. The normalized spacial score (nSPS) is 14.8. The summed E-state index contributed by atoms with van der Waals surface area (Å²) in [6.45, 7) is 2.69. The summed E-state index contributed by atoms with van der Waals surface area (Å²) in [5, 5.41) is 7.93. The fraction of sp³-hybridized carbons (Fsp3) is 0.526. The zero-order valence-corrected chi connectivity index (χ0v) is 15.8. The first-order valence-corrected chi connectivity index (χ1v) is 9.92. The van der Waals surface area contributed by atoms with E-state index in [9.17, 15) is 4.79 Å². The molecule has 1 amide bonds. The lowest BCUT2D eigenvalue weighted by Gasteiger charge is -2.16. The highest BCUT2D eigenvalue weighted by Crippen LogP contribution is 2.27. The highest BCUT2D eigenvalue weighted by atomic mass is 32.2. The number of hydrogen-bond acceptors (Lipinski definition) is 4. The number of nitrogens with zero attached hydrogens (tertiary/aromatic N) is 3. The largest absolute Gasteiger partial charge is 0.341 e. The van der Waals surface area contributed by atoms with Gasteiger partial charge in [0.2, 0.25) is 11.1 Å². The predicted octanol–water partition coefficient (Wildman–Crippen LogP) is 3.60. The Morgan fingerprint density at radius 3 is 2.72 bits per heavy atom. The third kappa shape index (κ3) is 5.33.